The molecule has 0 bridgehead atoms. The van der Waals surface area contributed by atoms with E-state index in [-0.39, 0.29) is 5.56 Å². The molecule has 1 aromatic carbocycles. The van der Waals surface area contributed by atoms with Gasteiger partial charge >= 0.3 is 23.9 Å². The SMILES string of the molecule is FC(F)(F)C(F)(F)C(F)(F)C(F)(F)[C]1CC=Cc2ccccc21. The highest BCUT2D eigenvalue weighted by molar-refractivity contribution is 5.63. The van der Waals surface area contributed by atoms with Crippen molar-refractivity contribution in [3.63, 3.8) is 0 Å². The molecule has 23 heavy (non-hydrogen) atoms. The van der Waals surface area contributed by atoms with Gasteiger partial charge in [-0.25, -0.2) is 0 Å². The van der Waals surface area contributed by atoms with Gasteiger partial charge in [0, 0.05) is 0 Å². The van der Waals surface area contributed by atoms with Crippen molar-refractivity contribution in [2.75, 3.05) is 0 Å². The zero-order valence-electron chi connectivity index (χ0n) is 11.1. The first kappa shape index (κ1) is 17.7. The fraction of sp³-hybridized carbons (Fsp3) is 0.357. The molecule has 0 fully saturated rings. The molecule has 0 heterocycles. The molecule has 1 aliphatic rings. The number of allylic oxidation sites excluding steroid dienone is 1. The van der Waals surface area contributed by atoms with E-state index in [1.165, 1.54) is 24.3 Å². The highest BCUT2D eigenvalue weighted by atomic mass is 19.4. The van der Waals surface area contributed by atoms with E-state index in [0.717, 1.165) is 12.1 Å². The van der Waals surface area contributed by atoms with Crippen LogP contribution in [-0.4, -0.2) is 23.9 Å². The van der Waals surface area contributed by atoms with Gasteiger partial charge in [-0.2, -0.15) is 39.5 Å². The second-order valence-electron chi connectivity index (χ2n) is 4.89. The van der Waals surface area contributed by atoms with Crippen LogP contribution in [0.3, 0.4) is 0 Å². The lowest BCUT2D eigenvalue weighted by Crippen LogP contribution is -2.62. The van der Waals surface area contributed by atoms with Gasteiger partial charge in [0.2, 0.25) is 0 Å². The zero-order chi connectivity index (χ0) is 17.7. The van der Waals surface area contributed by atoms with Gasteiger partial charge in [0.25, 0.3) is 0 Å². The van der Waals surface area contributed by atoms with Gasteiger partial charge in [-0.15, -0.1) is 0 Å². The molecular formula is C14H8F9. The summed E-state index contributed by atoms with van der Waals surface area (Å²) in [5.74, 6) is -20.7. The van der Waals surface area contributed by atoms with Gasteiger partial charge in [-0.05, 0) is 17.5 Å². The van der Waals surface area contributed by atoms with Crippen molar-refractivity contribution in [3.05, 3.63) is 47.4 Å². The van der Waals surface area contributed by atoms with Gasteiger partial charge in [-0.1, -0.05) is 36.4 Å². The molecule has 0 N–H and O–H groups in total. The lowest BCUT2D eigenvalue weighted by Gasteiger charge is -2.38. The molecule has 0 unspecified atom stereocenters. The van der Waals surface area contributed by atoms with Crippen LogP contribution in [0.25, 0.3) is 6.08 Å². The average molecular weight is 347 g/mol. The van der Waals surface area contributed by atoms with Crippen LogP contribution >= 0.6 is 0 Å². The number of hydrogen-bond donors (Lipinski definition) is 0. The number of halogens is 9. The number of fused-ring (bicyclic) bond motifs is 1. The molecule has 2 rings (SSSR count). The highest BCUT2D eigenvalue weighted by Crippen LogP contribution is 2.58. The minimum atomic E-state index is -6.88. The predicted molar refractivity (Wildman–Crippen MR) is 63.3 cm³/mol. The van der Waals surface area contributed by atoms with E-state index in [4.69, 9.17) is 0 Å². The third-order valence-electron chi connectivity index (χ3n) is 3.43. The summed E-state index contributed by atoms with van der Waals surface area (Å²) in [5, 5.41) is 0. The summed E-state index contributed by atoms with van der Waals surface area (Å²) >= 11 is 0. The van der Waals surface area contributed by atoms with E-state index in [1.54, 1.807) is 0 Å². The van der Waals surface area contributed by atoms with E-state index in [2.05, 4.69) is 0 Å². The molecule has 0 saturated heterocycles. The summed E-state index contributed by atoms with van der Waals surface area (Å²) in [6.07, 6.45) is -5.40. The average Bonchev–Trinajstić information content (AvgIpc) is 2.45. The number of benzene rings is 1. The monoisotopic (exact) mass is 347 g/mol. The third kappa shape index (κ3) is 2.49. The summed E-state index contributed by atoms with van der Waals surface area (Å²) in [6.45, 7) is 0. The minimum absolute atomic E-state index is 0.0274. The molecule has 1 radical (unpaired) electrons. The first-order valence-electron chi connectivity index (χ1n) is 6.16. The molecule has 0 aromatic heterocycles. The quantitative estimate of drug-likeness (QED) is 0.634. The van der Waals surface area contributed by atoms with Crippen LogP contribution in [0.15, 0.2) is 30.3 Å². The fourth-order valence-electron chi connectivity index (χ4n) is 2.19. The van der Waals surface area contributed by atoms with Crippen molar-refractivity contribution in [1.29, 1.82) is 0 Å². The topological polar surface area (TPSA) is 0 Å². The van der Waals surface area contributed by atoms with Gasteiger partial charge < -0.3 is 0 Å². The molecular weight excluding hydrogens is 339 g/mol. The van der Waals surface area contributed by atoms with Gasteiger partial charge in [0.15, 0.2) is 0 Å². The van der Waals surface area contributed by atoms with Crippen LogP contribution in [-0.2, 0) is 0 Å². The van der Waals surface area contributed by atoms with E-state index < -0.39 is 41.8 Å². The Kier molecular flexibility index (Phi) is 3.97. The zero-order valence-corrected chi connectivity index (χ0v) is 11.1. The molecule has 0 saturated carbocycles. The van der Waals surface area contributed by atoms with Crippen LogP contribution in [0, 0.1) is 5.92 Å². The Labute approximate surface area is 124 Å². The Bertz CT molecular complexity index is 613. The second-order valence-corrected chi connectivity index (χ2v) is 4.89. The van der Waals surface area contributed by atoms with E-state index in [1.807, 2.05) is 0 Å². The molecule has 0 atom stereocenters. The van der Waals surface area contributed by atoms with Crippen molar-refractivity contribution >= 4 is 6.08 Å². The summed E-state index contributed by atoms with van der Waals surface area (Å²) in [5.41, 5.74) is -0.461. The maximum Gasteiger partial charge on any atom is 0.460 e. The Morgan fingerprint density at radius 1 is 0.739 bits per heavy atom. The van der Waals surface area contributed by atoms with Crippen molar-refractivity contribution in [2.45, 2.75) is 30.4 Å². The van der Waals surface area contributed by atoms with Gasteiger partial charge in [-0.3, -0.25) is 0 Å². The molecule has 0 amide bonds. The maximum absolute atomic E-state index is 14.0. The predicted octanol–water partition coefficient (Wildman–Crippen LogP) is 5.49. The molecule has 0 spiro atoms. The molecule has 0 nitrogen and oxygen atoms in total. The van der Waals surface area contributed by atoms with E-state index >= 15 is 0 Å². The first-order valence-corrected chi connectivity index (χ1v) is 6.16. The minimum Gasteiger partial charge on any atom is -0.199 e. The molecule has 0 aliphatic heterocycles. The van der Waals surface area contributed by atoms with Gasteiger partial charge in [0.05, 0.1) is 5.92 Å². The number of alkyl halides is 9. The largest absolute Gasteiger partial charge is 0.460 e. The standard InChI is InChI=1S/C14H8F9/c15-11(16,12(17,18)13(19,20)14(21,22)23)10-7-3-5-8-4-1-2-6-9(8)10/h1-6H,7H2. The van der Waals surface area contributed by atoms with Gasteiger partial charge in [0.1, 0.15) is 0 Å². The second kappa shape index (κ2) is 5.17. The van der Waals surface area contributed by atoms with Crippen LogP contribution in [0.2, 0.25) is 0 Å². The van der Waals surface area contributed by atoms with Crippen LogP contribution in [0.5, 0.6) is 0 Å². The lowest BCUT2D eigenvalue weighted by atomic mass is 9.79. The van der Waals surface area contributed by atoms with Crippen molar-refractivity contribution in [2.24, 2.45) is 0 Å². The fourth-order valence-corrected chi connectivity index (χ4v) is 2.19. The normalized spacial score (nSPS) is 17.3. The van der Waals surface area contributed by atoms with Crippen molar-refractivity contribution in [1.82, 2.24) is 0 Å². The van der Waals surface area contributed by atoms with Crippen LogP contribution in [0.4, 0.5) is 39.5 Å². The summed E-state index contributed by atoms with van der Waals surface area (Å²) in [7, 11) is 0. The Balaban J connectivity index is 2.52. The van der Waals surface area contributed by atoms with E-state index in [9.17, 15) is 39.5 Å². The summed E-state index contributed by atoms with van der Waals surface area (Å²) in [4.78, 5) is 0. The Hall–Kier alpha value is -1.67. The van der Waals surface area contributed by atoms with Crippen molar-refractivity contribution in [3.8, 4) is 0 Å². The van der Waals surface area contributed by atoms with Crippen LogP contribution in [0.1, 0.15) is 17.5 Å². The molecule has 1 aromatic rings. The maximum atomic E-state index is 14.0. The Morgan fingerprint density at radius 3 is 1.87 bits per heavy atom. The summed E-state index contributed by atoms with van der Waals surface area (Å²) < 4.78 is 117. The number of hydrogen-bond acceptors (Lipinski definition) is 0. The summed E-state index contributed by atoms with van der Waals surface area (Å²) in [6, 6.07) is 4.78. The first-order chi connectivity index (χ1) is 10.3. The highest BCUT2D eigenvalue weighted by Gasteiger charge is 2.83. The molecule has 1 aliphatic carbocycles. The Morgan fingerprint density at radius 2 is 1.30 bits per heavy atom. The third-order valence-corrected chi connectivity index (χ3v) is 3.43. The number of rotatable bonds is 3. The lowest BCUT2D eigenvalue weighted by molar-refractivity contribution is -0.392. The van der Waals surface area contributed by atoms with E-state index in [0.29, 0.717) is 0 Å². The molecule has 127 valence electrons. The smallest absolute Gasteiger partial charge is 0.199 e. The van der Waals surface area contributed by atoms with Crippen LogP contribution < -0.4 is 0 Å². The van der Waals surface area contributed by atoms with Crippen molar-refractivity contribution < 1.29 is 39.5 Å². The molecule has 9 heteroatoms.